The van der Waals surface area contributed by atoms with E-state index in [0.29, 0.717) is 23.9 Å². The van der Waals surface area contributed by atoms with Crippen molar-refractivity contribution in [1.82, 2.24) is 5.32 Å². The lowest BCUT2D eigenvalue weighted by Gasteiger charge is -2.30. The maximum absolute atomic E-state index is 13.5. The average molecular weight is 1070 g/mol. The molecule has 0 heterocycles. The molecule has 9 nitrogen and oxygen atoms in total. The number of ether oxygens (including phenoxy) is 1. The first-order valence-corrected chi connectivity index (χ1v) is 31.7. The van der Waals surface area contributed by atoms with Crippen molar-refractivity contribution in [1.29, 1.82) is 0 Å². The van der Waals surface area contributed by atoms with E-state index in [1.807, 2.05) is 33.3 Å². The zero-order chi connectivity index (χ0) is 55.0. The van der Waals surface area contributed by atoms with E-state index in [2.05, 4.69) is 123 Å². The number of unbranched alkanes of at least 4 members (excludes halogenated alkanes) is 23. The Kier molecular flexibility index (Phi) is 51.6. The predicted molar refractivity (Wildman–Crippen MR) is 320 cm³/mol. The number of phosphoric acid groups is 1. The smallest absolute Gasteiger partial charge is 0.306 e. The highest BCUT2D eigenvalue weighted by Gasteiger charge is 2.27. The van der Waals surface area contributed by atoms with Crippen LogP contribution in [-0.2, 0) is 27.9 Å². The van der Waals surface area contributed by atoms with E-state index < -0.39 is 26.6 Å². The van der Waals surface area contributed by atoms with Crippen LogP contribution in [0.4, 0.5) is 0 Å². The summed E-state index contributed by atoms with van der Waals surface area (Å²) in [7, 11) is 1.15. The molecule has 430 valence electrons. The molecule has 0 aromatic rings. The summed E-state index contributed by atoms with van der Waals surface area (Å²) in [6.45, 7) is 6.56. The molecule has 1 N–H and O–H groups in total. The van der Waals surface area contributed by atoms with Crippen molar-refractivity contribution in [3.05, 3.63) is 109 Å². The van der Waals surface area contributed by atoms with Crippen molar-refractivity contribution in [2.45, 2.75) is 251 Å². The van der Waals surface area contributed by atoms with Crippen LogP contribution in [0.5, 0.6) is 0 Å². The molecular formula is C65H113N2O7P. The summed E-state index contributed by atoms with van der Waals surface area (Å²) in [6.07, 6.45) is 73.4. The van der Waals surface area contributed by atoms with Gasteiger partial charge in [-0.25, -0.2) is 0 Å². The lowest BCUT2D eigenvalue weighted by Crippen LogP contribution is -2.47. The summed E-state index contributed by atoms with van der Waals surface area (Å²) >= 11 is 0. The molecule has 0 aliphatic heterocycles. The quantitative estimate of drug-likeness (QED) is 0.0161. The van der Waals surface area contributed by atoms with Gasteiger partial charge in [-0.2, -0.15) is 0 Å². The van der Waals surface area contributed by atoms with E-state index in [0.717, 1.165) is 116 Å². The number of phosphoric ester groups is 1. The molecule has 0 aromatic carbocycles. The molecule has 0 aromatic heterocycles. The molecule has 0 fully saturated rings. The average Bonchev–Trinajstić information content (AvgIpc) is 3.37. The number of rotatable bonds is 53. The van der Waals surface area contributed by atoms with Gasteiger partial charge in [-0.3, -0.25) is 14.2 Å². The van der Waals surface area contributed by atoms with Crippen LogP contribution in [0.1, 0.15) is 239 Å². The highest BCUT2D eigenvalue weighted by Crippen LogP contribution is 2.38. The van der Waals surface area contributed by atoms with E-state index in [1.165, 1.54) is 83.5 Å². The van der Waals surface area contributed by atoms with Crippen LogP contribution in [0.25, 0.3) is 0 Å². The van der Waals surface area contributed by atoms with Crippen LogP contribution in [-0.4, -0.2) is 69.4 Å². The topological polar surface area (TPSA) is 114 Å². The number of esters is 1. The van der Waals surface area contributed by atoms with Crippen LogP contribution in [0.2, 0.25) is 0 Å². The van der Waals surface area contributed by atoms with E-state index >= 15 is 0 Å². The van der Waals surface area contributed by atoms with Crippen LogP contribution >= 0.6 is 7.82 Å². The molecule has 10 heteroatoms. The Morgan fingerprint density at radius 2 is 0.920 bits per heavy atom. The molecule has 75 heavy (non-hydrogen) atoms. The Hall–Kier alpha value is -3.33. The number of hydrogen-bond acceptors (Lipinski definition) is 7. The third-order valence-electron chi connectivity index (χ3n) is 12.8. The van der Waals surface area contributed by atoms with E-state index in [9.17, 15) is 19.0 Å². The molecule has 0 bridgehead atoms. The molecule has 0 aliphatic carbocycles. The van der Waals surface area contributed by atoms with Crippen molar-refractivity contribution in [2.24, 2.45) is 0 Å². The van der Waals surface area contributed by atoms with Crippen LogP contribution in [0, 0.1) is 0 Å². The summed E-state index contributed by atoms with van der Waals surface area (Å²) in [5.41, 5.74) is 0. The fourth-order valence-electron chi connectivity index (χ4n) is 8.14. The van der Waals surface area contributed by atoms with E-state index in [-0.39, 0.29) is 24.9 Å². The van der Waals surface area contributed by atoms with Crippen LogP contribution in [0.3, 0.4) is 0 Å². The molecule has 3 atom stereocenters. The fourth-order valence-corrected chi connectivity index (χ4v) is 8.86. The summed E-state index contributed by atoms with van der Waals surface area (Å²) in [6, 6.07) is -0.906. The number of allylic oxidation sites excluding steroid dienone is 17. The highest BCUT2D eigenvalue weighted by molar-refractivity contribution is 7.45. The van der Waals surface area contributed by atoms with Gasteiger partial charge in [0.1, 0.15) is 19.3 Å². The minimum absolute atomic E-state index is 0.0325. The fraction of sp³-hybridized carbons (Fsp3) is 0.692. The summed E-state index contributed by atoms with van der Waals surface area (Å²) in [5.74, 6) is -0.575. The monoisotopic (exact) mass is 1060 g/mol. The zero-order valence-electron chi connectivity index (χ0n) is 49.0. The molecule has 3 unspecified atom stereocenters. The van der Waals surface area contributed by atoms with Crippen molar-refractivity contribution in [3.8, 4) is 0 Å². The molecule has 0 radical (unpaired) electrons. The molecule has 0 saturated heterocycles. The second-order valence-corrected chi connectivity index (χ2v) is 22.6. The number of quaternary nitrogens is 1. The number of carbonyl (C=O) groups is 2. The van der Waals surface area contributed by atoms with Crippen molar-refractivity contribution in [3.63, 3.8) is 0 Å². The van der Waals surface area contributed by atoms with Gasteiger partial charge < -0.3 is 28.5 Å². The van der Waals surface area contributed by atoms with Gasteiger partial charge in [0.15, 0.2) is 0 Å². The number of hydrogen-bond donors (Lipinski definition) is 1. The minimum Gasteiger partial charge on any atom is -0.756 e. The van der Waals surface area contributed by atoms with Crippen molar-refractivity contribution in [2.75, 3.05) is 40.9 Å². The summed E-state index contributed by atoms with van der Waals surface area (Å²) in [4.78, 5) is 39.9. The van der Waals surface area contributed by atoms with E-state index in [1.54, 1.807) is 0 Å². The Morgan fingerprint density at radius 3 is 1.43 bits per heavy atom. The molecule has 0 saturated carbocycles. The molecule has 0 spiro atoms. The van der Waals surface area contributed by atoms with Crippen LogP contribution in [0.15, 0.2) is 109 Å². The Labute approximate surface area is 461 Å². The lowest BCUT2D eigenvalue weighted by molar-refractivity contribution is -0.870. The number of carbonyl (C=O) groups excluding carboxylic acids is 2. The molecule has 0 aliphatic rings. The van der Waals surface area contributed by atoms with Crippen molar-refractivity contribution < 1.29 is 37.3 Å². The Morgan fingerprint density at radius 1 is 0.493 bits per heavy atom. The van der Waals surface area contributed by atoms with Gasteiger partial charge in [0.2, 0.25) is 5.91 Å². The second-order valence-electron chi connectivity index (χ2n) is 21.1. The molecule has 0 rings (SSSR count). The van der Waals surface area contributed by atoms with Gasteiger partial charge in [0.05, 0.1) is 33.8 Å². The van der Waals surface area contributed by atoms with Crippen LogP contribution < -0.4 is 10.2 Å². The maximum atomic E-state index is 13.5. The van der Waals surface area contributed by atoms with Gasteiger partial charge in [-0.1, -0.05) is 240 Å². The Balaban J connectivity index is 5.24. The zero-order valence-corrected chi connectivity index (χ0v) is 49.9. The first-order valence-electron chi connectivity index (χ1n) is 30.2. The highest BCUT2D eigenvalue weighted by atomic mass is 31.2. The van der Waals surface area contributed by atoms with Gasteiger partial charge in [-0.15, -0.1) is 0 Å². The standard InChI is InChI=1S/C65H113N2O7P/c1-7-10-13-16-19-22-25-27-29-30-31-32-33-34-35-36-38-39-42-45-48-51-54-57-64(68)66-62(61-73-75(70,71)72-60-59-67(4,5)6)63(56-53-50-47-44-41-24-21-18-15-12-9-3)74-65(69)58-55-52-49-46-43-40-37-28-26-23-20-17-14-11-8-2/h10-11,13-14,17,19-20,22-23,26-27,29,31-32,34-35,53,56,62-63H,7-9,12,15-16,18,21,24-25,28,30,33,36-52,54-55,57-61H2,1-6H3,(H-,66,68,70,71)/b13-10-,14-11+,20-17+,22-19-,26-23+,29-27-,32-31-,35-34-,56-53-. The lowest BCUT2D eigenvalue weighted by atomic mass is 10.1. The van der Waals surface area contributed by atoms with Gasteiger partial charge >= 0.3 is 5.97 Å². The third kappa shape index (κ3) is 55.2. The maximum Gasteiger partial charge on any atom is 0.306 e. The summed E-state index contributed by atoms with van der Waals surface area (Å²) in [5, 5.41) is 3.01. The third-order valence-corrected chi connectivity index (χ3v) is 13.7. The second kappa shape index (κ2) is 54.0. The summed E-state index contributed by atoms with van der Waals surface area (Å²) < 4.78 is 30.2. The number of nitrogens with one attached hydrogen (secondary N) is 1. The normalized spacial score (nSPS) is 14.5. The van der Waals surface area contributed by atoms with Crippen molar-refractivity contribution >= 4 is 19.7 Å². The van der Waals surface area contributed by atoms with E-state index in [4.69, 9.17) is 13.8 Å². The SMILES string of the molecule is CC/C=C\C/C=C\C/C=C\C/C=C\C/C=C\CCCCCCCCCC(=O)NC(COP(=O)([O-])OCC[N+](C)(C)C)C(/C=C\CCCCCCCCCCC)OC(=O)CCCCCCCCC/C=C/C=C/C=C/CC. The molecular weight excluding hydrogens is 952 g/mol. The predicted octanol–water partition coefficient (Wildman–Crippen LogP) is 17.9. The Bertz CT molecular complexity index is 1650. The number of amides is 1. The molecule has 1 amide bonds. The number of nitrogens with zero attached hydrogens (tertiary/aromatic N) is 1. The van der Waals surface area contributed by atoms with Gasteiger partial charge in [0.25, 0.3) is 7.82 Å². The van der Waals surface area contributed by atoms with Gasteiger partial charge in [-0.05, 0) is 96.0 Å². The largest absolute Gasteiger partial charge is 0.756 e. The first-order chi connectivity index (χ1) is 36.4. The first kappa shape index (κ1) is 71.7. The number of likely N-dealkylation sites (N-methyl/N-ethyl adjacent to an activating group) is 1. The van der Waals surface area contributed by atoms with Gasteiger partial charge in [0, 0.05) is 12.8 Å². The minimum atomic E-state index is -4.71.